The molecule has 0 bridgehead atoms. The fourth-order valence-electron chi connectivity index (χ4n) is 2.48. The molecule has 3 rings (SSSR count). The predicted octanol–water partition coefficient (Wildman–Crippen LogP) is 4.30. The molecule has 0 aliphatic rings. The quantitative estimate of drug-likeness (QED) is 0.706. The first-order valence-corrected chi connectivity index (χ1v) is 6.94. The van der Waals surface area contributed by atoms with E-state index < -0.39 is 5.97 Å². The van der Waals surface area contributed by atoms with Gasteiger partial charge in [-0.05, 0) is 28.8 Å². The van der Waals surface area contributed by atoms with Crippen molar-refractivity contribution in [2.45, 2.75) is 0 Å². The maximum atomic E-state index is 11.5. The Morgan fingerprint density at radius 2 is 1.32 bits per heavy atom. The summed E-state index contributed by atoms with van der Waals surface area (Å²) >= 11 is 0. The molecule has 0 unspecified atom stereocenters. The lowest BCUT2D eigenvalue weighted by atomic mass is 9.94. The number of carbonyl (C=O) groups is 1. The van der Waals surface area contributed by atoms with Gasteiger partial charge in [-0.1, -0.05) is 60.7 Å². The standard InChI is InChI=1S/C19H15NO2/c20-18-16(14-9-5-2-6-10-14)11-15(12-17(18)19(21)22)13-7-3-1-4-8-13/h1-12H,20H2,(H,21,22). The summed E-state index contributed by atoms with van der Waals surface area (Å²) in [6.45, 7) is 0. The van der Waals surface area contributed by atoms with Gasteiger partial charge in [-0.2, -0.15) is 0 Å². The van der Waals surface area contributed by atoms with E-state index >= 15 is 0 Å². The fraction of sp³-hybridized carbons (Fsp3) is 0. The van der Waals surface area contributed by atoms with Crippen LogP contribution in [-0.4, -0.2) is 11.1 Å². The van der Waals surface area contributed by atoms with Gasteiger partial charge in [-0.25, -0.2) is 4.79 Å². The van der Waals surface area contributed by atoms with Gasteiger partial charge in [-0.3, -0.25) is 0 Å². The third kappa shape index (κ3) is 2.56. The first kappa shape index (κ1) is 13.9. The van der Waals surface area contributed by atoms with E-state index in [0.29, 0.717) is 5.69 Å². The van der Waals surface area contributed by atoms with Gasteiger partial charge in [-0.15, -0.1) is 0 Å². The number of hydrogen-bond acceptors (Lipinski definition) is 2. The van der Waals surface area contributed by atoms with Crippen LogP contribution in [0.25, 0.3) is 22.3 Å². The molecule has 22 heavy (non-hydrogen) atoms. The van der Waals surface area contributed by atoms with Gasteiger partial charge >= 0.3 is 5.97 Å². The molecule has 0 saturated carbocycles. The maximum Gasteiger partial charge on any atom is 0.337 e. The van der Waals surface area contributed by atoms with Gasteiger partial charge in [0, 0.05) is 5.56 Å². The van der Waals surface area contributed by atoms with Gasteiger partial charge in [0.2, 0.25) is 0 Å². The molecule has 3 aromatic rings. The highest BCUT2D eigenvalue weighted by molar-refractivity contribution is 6.00. The Morgan fingerprint density at radius 3 is 1.86 bits per heavy atom. The van der Waals surface area contributed by atoms with Crippen LogP contribution in [0.5, 0.6) is 0 Å². The number of anilines is 1. The lowest BCUT2D eigenvalue weighted by Gasteiger charge is -2.12. The van der Waals surface area contributed by atoms with Crippen molar-refractivity contribution in [2.24, 2.45) is 0 Å². The van der Waals surface area contributed by atoms with Crippen molar-refractivity contribution < 1.29 is 9.90 Å². The van der Waals surface area contributed by atoms with Gasteiger partial charge in [0.05, 0.1) is 11.3 Å². The van der Waals surface area contributed by atoms with E-state index in [2.05, 4.69) is 0 Å². The average Bonchev–Trinajstić information content (AvgIpc) is 2.56. The summed E-state index contributed by atoms with van der Waals surface area (Å²) in [6, 6.07) is 22.8. The summed E-state index contributed by atoms with van der Waals surface area (Å²) in [5.74, 6) is -1.02. The van der Waals surface area contributed by atoms with Gasteiger partial charge in [0.15, 0.2) is 0 Å². The van der Waals surface area contributed by atoms with Crippen LogP contribution in [0.1, 0.15) is 10.4 Å². The second kappa shape index (κ2) is 5.74. The molecule has 0 aliphatic heterocycles. The molecule has 3 aromatic carbocycles. The van der Waals surface area contributed by atoms with E-state index in [9.17, 15) is 9.90 Å². The molecule has 3 nitrogen and oxygen atoms in total. The van der Waals surface area contributed by atoms with Crippen LogP contribution in [0.3, 0.4) is 0 Å². The minimum absolute atomic E-state index is 0.125. The Labute approximate surface area is 128 Å². The van der Waals surface area contributed by atoms with E-state index in [0.717, 1.165) is 22.3 Å². The normalized spacial score (nSPS) is 10.4. The van der Waals surface area contributed by atoms with Gasteiger partial charge in [0.25, 0.3) is 0 Å². The first-order valence-electron chi connectivity index (χ1n) is 6.94. The van der Waals surface area contributed by atoms with Crippen LogP contribution < -0.4 is 5.73 Å². The van der Waals surface area contributed by atoms with Crippen molar-refractivity contribution in [3.05, 3.63) is 78.4 Å². The van der Waals surface area contributed by atoms with Crippen molar-refractivity contribution in [3.8, 4) is 22.3 Å². The summed E-state index contributed by atoms with van der Waals surface area (Å²) in [5.41, 5.74) is 9.94. The lowest BCUT2D eigenvalue weighted by molar-refractivity contribution is 0.0698. The summed E-state index contributed by atoms with van der Waals surface area (Å²) < 4.78 is 0. The zero-order valence-corrected chi connectivity index (χ0v) is 11.9. The van der Waals surface area contributed by atoms with E-state index in [4.69, 9.17) is 5.73 Å². The first-order chi connectivity index (χ1) is 10.7. The van der Waals surface area contributed by atoms with E-state index in [1.165, 1.54) is 0 Å². The summed E-state index contributed by atoms with van der Waals surface area (Å²) in [5, 5.41) is 9.43. The number of rotatable bonds is 3. The molecule has 0 saturated heterocycles. The van der Waals surface area contributed by atoms with Crippen LogP contribution in [-0.2, 0) is 0 Å². The molecule has 0 aliphatic carbocycles. The van der Waals surface area contributed by atoms with Crippen LogP contribution in [0, 0.1) is 0 Å². The smallest absolute Gasteiger partial charge is 0.337 e. The van der Waals surface area contributed by atoms with Crippen molar-refractivity contribution in [1.29, 1.82) is 0 Å². The van der Waals surface area contributed by atoms with Crippen molar-refractivity contribution >= 4 is 11.7 Å². The topological polar surface area (TPSA) is 63.3 Å². The Hall–Kier alpha value is -3.07. The summed E-state index contributed by atoms with van der Waals surface area (Å²) in [6.07, 6.45) is 0. The van der Waals surface area contributed by atoms with Crippen molar-refractivity contribution in [1.82, 2.24) is 0 Å². The number of nitrogen functional groups attached to an aromatic ring is 1. The zero-order valence-electron chi connectivity index (χ0n) is 11.9. The predicted molar refractivity (Wildman–Crippen MR) is 88.7 cm³/mol. The number of aromatic carboxylic acids is 1. The molecular weight excluding hydrogens is 274 g/mol. The number of carboxylic acid groups (broad SMARTS) is 1. The second-order valence-corrected chi connectivity index (χ2v) is 5.02. The molecule has 0 atom stereocenters. The molecule has 0 aromatic heterocycles. The SMILES string of the molecule is Nc1c(C(=O)O)cc(-c2ccccc2)cc1-c1ccccc1. The second-order valence-electron chi connectivity index (χ2n) is 5.02. The van der Waals surface area contributed by atoms with Crippen molar-refractivity contribution in [3.63, 3.8) is 0 Å². The average molecular weight is 289 g/mol. The number of hydrogen-bond donors (Lipinski definition) is 2. The van der Waals surface area contributed by atoms with Crippen LogP contribution in [0.4, 0.5) is 5.69 Å². The minimum atomic E-state index is -1.02. The molecular formula is C19H15NO2. The van der Waals surface area contributed by atoms with Crippen LogP contribution >= 0.6 is 0 Å². The van der Waals surface area contributed by atoms with E-state index in [1.54, 1.807) is 6.07 Å². The van der Waals surface area contributed by atoms with Crippen LogP contribution in [0.2, 0.25) is 0 Å². The van der Waals surface area contributed by atoms with E-state index in [1.807, 2.05) is 66.7 Å². The Morgan fingerprint density at radius 1 is 0.773 bits per heavy atom. The third-order valence-corrected chi connectivity index (χ3v) is 3.60. The third-order valence-electron chi connectivity index (χ3n) is 3.60. The Balaban J connectivity index is 2.26. The zero-order chi connectivity index (χ0) is 15.5. The largest absolute Gasteiger partial charge is 0.478 e. The highest BCUT2D eigenvalue weighted by atomic mass is 16.4. The lowest BCUT2D eigenvalue weighted by Crippen LogP contribution is -2.04. The van der Waals surface area contributed by atoms with Crippen LogP contribution in [0.15, 0.2) is 72.8 Å². The monoisotopic (exact) mass is 289 g/mol. The highest BCUT2D eigenvalue weighted by Gasteiger charge is 2.15. The minimum Gasteiger partial charge on any atom is -0.478 e. The molecule has 0 radical (unpaired) electrons. The Bertz CT molecular complexity index is 812. The molecule has 0 spiro atoms. The number of benzene rings is 3. The number of nitrogens with two attached hydrogens (primary N) is 1. The summed E-state index contributed by atoms with van der Waals surface area (Å²) in [4.78, 5) is 11.5. The molecule has 108 valence electrons. The molecule has 3 N–H and O–H groups in total. The fourth-order valence-corrected chi connectivity index (χ4v) is 2.48. The molecule has 0 fully saturated rings. The molecule has 0 heterocycles. The highest BCUT2D eigenvalue weighted by Crippen LogP contribution is 2.34. The van der Waals surface area contributed by atoms with Crippen molar-refractivity contribution in [2.75, 3.05) is 5.73 Å². The van der Waals surface area contributed by atoms with E-state index in [-0.39, 0.29) is 5.56 Å². The van der Waals surface area contributed by atoms with Gasteiger partial charge < -0.3 is 10.8 Å². The Kier molecular flexibility index (Phi) is 3.62. The molecule has 3 heteroatoms. The number of carboxylic acids is 1. The maximum absolute atomic E-state index is 11.5. The molecule has 0 amide bonds. The summed E-state index contributed by atoms with van der Waals surface area (Å²) in [7, 11) is 0. The van der Waals surface area contributed by atoms with Gasteiger partial charge in [0.1, 0.15) is 0 Å².